The molecule has 0 saturated carbocycles. The summed E-state index contributed by atoms with van der Waals surface area (Å²) in [4.78, 5) is 17.2. The molecular formula is C16H17BrN2O2. The van der Waals surface area contributed by atoms with Gasteiger partial charge in [0.1, 0.15) is 11.3 Å². The van der Waals surface area contributed by atoms with Crippen LogP contribution in [0.2, 0.25) is 0 Å². The van der Waals surface area contributed by atoms with Gasteiger partial charge in [-0.2, -0.15) is 0 Å². The van der Waals surface area contributed by atoms with E-state index >= 15 is 0 Å². The van der Waals surface area contributed by atoms with E-state index in [1.54, 1.807) is 17.2 Å². The summed E-state index contributed by atoms with van der Waals surface area (Å²) >= 11 is 3.33. The largest absolute Gasteiger partial charge is 0.383 e. The third-order valence-corrected chi connectivity index (χ3v) is 4.41. The summed E-state index contributed by atoms with van der Waals surface area (Å²) in [7, 11) is 0. The number of hydrogen-bond acceptors (Lipinski definition) is 2. The van der Waals surface area contributed by atoms with E-state index in [0.29, 0.717) is 25.2 Å². The first kappa shape index (κ1) is 14.4. The van der Waals surface area contributed by atoms with Crippen LogP contribution in [0.25, 0.3) is 0 Å². The average molecular weight is 349 g/mol. The maximum Gasteiger partial charge on any atom is 0.270 e. The Morgan fingerprint density at radius 2 is 2.10 bits per heavy atom. The van der Waals surface area contributed by atoms with Crippen molar-refractivity contribution in [2.24, 2.45) is 0 Å². The van der Waals surface area contributed by atoms with E-state index in [0.717, 1.165) is 16.5 Å². The van der Waals surface area contributed by atoms with E-state index < -0.39 is 5.60 Å². The predicted molar refractivity (Wildman–Crippen MR) is 84.0 cm³/mol. The third kappa shape index (κ3) is 2.89. The minimum Gasteiger partial charge on any atom is -0.383 e. The smallest absolute Gasteiger partial charge is 0.270 e. The number of β-amino-alcohol motifs (C(OH)–C–C–N with tert-alkyl or cyclic N) is 1. The number of carbonyl (C=O) groups excluding carboxylic acids is 1. The number of nitrogens with zero attached hydrogens (tertiary/aromatic N) is 1. The second-order valence-electron chi connectivity index (χ2n) is 5.46. The third-order valence-electron chi connectivity index (χ3n) is 3.95. The topological polar surface area (TPSA) is 56.3 Å². The van der Waals surface area contributed by atoms with Crippen molar-refractivity contribution in [1.29, 1.82) is 0 Å². The molecule has 1 unspecified atom stereocenters. The van der Waals surface area contributed by atoms with Gasteiger partial charge in [0.25, 0.3) is 5.91 Å². The second kappa shape index (κ2) is 5.66. The van der Waals surface area contributed by atoms with Crippen molar-refractivity contribution < 1.29 is 9.90 Å². The van der Waals surface area contributed by atoms with Crippen LogP contribution in [0, 0.1) is 0 Å². The quantitative estimate of drug-likeness (QED) is 0.876. The van der Waals surface area contributed by atoms with Gasteiger partial charge in [-0.3, -0.25) is 4.79 Å². The summed E-state index contributed by atoms with van der Waals surface area (Å²) in [5, 5.41) is 10.9. The average Bonchev–Trinajstić information content (AvgIpc) is 2.94. The van der Waals surface area contributed by atoms with E-state index in [4.69, 9.17) is 0 Å². The summed E-state index contributed by atoms with van der Waals surface area (Å²) in [6, 6.07) is 11.3. The standard InChI is InChI=1S/C16H17BrN2O2/c17-13-9-14(18-10-13)15(20)19-8-4-7-16(21,11-19)12-5-2-1-3-6-12/h1-3,5-6,9-10,18,21H,4,7-8,11H2. The number of hydrogen-bond donors (Lipinski definition) is 2. The molecule has 2 aromatic rings. The lowest BCUT2D eigenvalue weighted by Crippen LogP contribution is -2.48. The van der Waals surface area contributed by atoms with Crippen LogP contribution in [0.4, 0.5) is 0 Å². The highest BCUT2D eigenvalue weighted by atomic mass is 79.9. The van der Waals surface area contributed by atoms with E-state index in [1.165, 1.54) is 0 Å². The molecular weight excluding hydrogens is 332 g/mol. The number of aliphatic hydroxyl groups is 1. The van der Waals surface area contributed by atoms with Gasteiger partial charge in [0.15, 0.2) is 0 Å². The van der Waals surface area contributed by atoms with Gasteiger partial charge in [0, 0.05) is 17.2 Å². The monoisotopic (exact) mass is 348 g/mol. The van der Waals surface area contributed by atoms with Crippen LogP contribution in [0.5, 0.6) is 0 Å². The lowest BCUT2D eigenvalue weighted by atomic mass is 9.85. The normalized spacial score (nSPS) is 22.3. The van der Waals surface area contributed by atoms with Crippen LogP contribution in [0.3, 0.4) is 0 Å². The molecule has 0 spiro atoms. The van der Waals surface area contributed by atoms with Crippen LogP contribution in [0.15, 0.2) is 47.1 Å². The van der Waals surface area contributed by atoms with Crippen molar-refractivity contribution in [1.82, 2.24) is 9.88 Å². The molecule has 1 aliphatic heterocycles. The number of aromatic amines is 1. The first-order valence-electron chi connectivity index (χ1n) is 7.00. The van der Waals surface area contributed by atoms with Crippen molar-refractivity contribution in [3.63, 3.8) is 0 Å². The van der Waals surface area contributed by atoms with Gasteiger partial charge in [-0.15, -0.1) is 0 Å². The molecule has 2 heterocycles. The highest BCUT2D eigenvalue weighted by Crippen LogP contribution is 2.32. The number of carbonyl (C=O) groups is 1. The maximum atomic E-state index is 12.5. The Hall–Kier alpha value is -1.59. The molecule has 2 N–H and O–H groups in total. The van der Waals surface area contributed by atoms with E-state index in [9.17, 15) is 9.90 Å². The van der Waals surface area contributed by atoms with E-state index in [1.807, 2.05) is 30.3 Å². The van der Waals surface area contributed by atoms with Crippen LogP contribution in [-0.2, 0) is 5.60 Å². The maximum absolute atomic E-state index is 12.5. The molecule has 0 radical (unpaired) electrons. The Balaban J connectivity index is 1.81. The van der Waals surface area contributed by atoms with Gasteiger partial charge in [0.05, 0.1) is 6.54 Å². The van der Waals surface area contributed by atoms with Crippen LogP contribution in [0.1, 0.15) is 28.9 Å². The summed E-state index contributed by atoms with van der Waals surface area (Å²) in [6.07, 6.45) is 3.20. The number of rotatable bonds is 2. The zero-order valence-corrected chi connectivity index (χ0v) is 13.1. The Morgan fingerprint density at radius 3 is 2.76 bits per heavy atom. The SMILES string of the molecule is O=C(c1cc(Br)c[nH]1)N1CCCC(O)(c2ccccc2)C1. The zero-order chi connectivity index (χ0) is 14.9. The van der Waals surface area contributed by atoms with Crippen molar-refractivity contribution in [2.45, 2.75) is 18.4 Å². The fourth-order valence-electron chi connectivity index (χ4n) is 2.86. The van der Waals surface area contributed by atoms with Gasteiger partial charge < -0.3 is 15.0 Å². The number of amides is 1. The van der Waals surface area contributed by atoms with Crippen molar-refractivity contribution in [2.75, 3.05) is 13.1 Å². The Morgan fingerprint density at radius 1 is 1.33 bits per heavy atom. The van der Waals surface area contributed by atoms with Crippen molar-refractivity contribution >= 4 is 21.8 Å². The van der Waals surface area contributed by atoms with Crippen molar-refractivity contribution in [3.8, 4) is 0 Å². The Kier molecular flexibility index (Phi) is 3.87. The molecule has 1 saturated heterocycles. The molecule has 0 bridgehead atoms. The van der Waals surface area contributed by atoms with Gasteiger partial charge in [-0.25, -0.2) is 0 Å². The van der Waals surface area contributed by atoms with Gasteiger partial charge >= 0.3 is 0 Å². The molecule has 1 amide bonds. The van der Waals surface area contributed by atoms with Crippen LogP contribution < -0.4 is 0 Å². The summed E-state index contributed by atoms with van der Waals surface area (Å²) in [5.41, 5.74) is 0.452. The second-order valence-corrected chi connectivity index (χ2v) is 6.38. The van der Waals surface area contributed by atoms with E-state index in [-0.39, 0.29) is 5.91 Å². The molecule has 1 fully saturated rings. The number of likely N-dealkylation sites (tertiary alicyclic amines) is 1. The molecule has 21 heavy (non-hydrogen) atoms. The predicted octanol–water partition coefficient (Wildman–Crippen LogP) is 2.90. The first-order valence-corrected chi connectivity index (χ1v) is 7.79. The lowest BCUT2D eigenvalue weighted by molar-refractivity contribution is -0.0290. The molecule has 1 aromatic heterocycles. The molecule has 0 aliphatic carbocycles. The minimum atomic E-state index is -0.959. The fourth-order valence-corrected chi connectivity index (χ4v) is 3.20. The molecule has 5 heteroatoms. The molecule has 1 aliphatic rings. The Bertz CT molecular complexity index is 641. The Labute approximate surface area is 131 Å². The number of nitrogens with one attached hydrogen (secondary N) is 1. The first-order chi connectivity index (χ1) is 10.1. The summed E-state index contributed by atoms with van der Waals surface area (Å²) in [6.45, 7) is 0.997. The molecule has 1 aromatic carbocycles. The summed E-state index contributed by atoms with van der Waals surface area (Å²) < 4.78 is 0.848. The number of halogens is 1. The van der Waals surface area contributed by atoms with E-state index in [2.05, 4.69) is 20.9 Å². The molecule has 110 valence electrons. The summed E-state index contributed by atoms with van der Waals surface area (Å²) in [5.74, 6) is -0.0743. The minimum absolute atomic E-state index is 0.0743. The number of aromatic nitrogens is 1. The number of piperidine rings is 1. The number of H-pyrrole nitrogens is 1. The highest BCUT2D eigenvalue weighted by Gasteiger charge is 2.37. The molecule has 4 nitrogen and oxygen atoms in total. The van der Waals surface area contributed by atoms with Gasteiger partial charge in [-0.1, -0.05) is 30.3 Å². The fraction of sp³-hybridized carbons (Fsp3) is 0.312. The highest BCUT2D eigenvalue weighted by molar-refractivity contribution is 9.10. The lowest BCUT2D eigenvalue weighted by Gasteiger charge is -2.39. The van der Waals surface area contributed by atoms with Crippen LogP contribution >= 0.6 is 15.9 Å². The molecule has 3 rings (SSSR count). The molecule has 1 atom stereocenters. The van der Waals surface area contributed by atoms with Crippen molar-refractivity contribution in [3.05, 3.63) is 58.3 Å². The van der Waals surface area contributed by atoms with Gasteiger partial charge in [-0.05, 0) is 40.4 Å². The van der Waals surface area contributed by atoms with Crippen LogP contribution in [-0.4, -0.2) is 34.0 Å². The number of benzene rings is 1. The zero-order valence-electron chi connectivity index (χ0n) is 11.6. The van der Waals surface area contributed by atoms with Gasteiger partial charge in [0.2, 0.25) is 0 Å².